The molecule has 1 aromatic rings. The van der Waals surface area contributed by atoms with Crippen molar-refractivity contribution in [3.8, 4) is 5.75 Å². The van der Waals surface area contributed by atoms with E-state index < -0.39 is 0 Å². The number of rotatable bonds is 2. The minimum absolute atomic E-state index is 0.000692. The largest absolute Gasteiger partial charge is 0.482 e. The van der Waals surface area contributed by atoms with E-state index in [1.165, 1.54) is 0 Å². The van der Waals surface area contributed by atoms with Gasteiger partial charge in [0.2, 0.25) is 0 Å². The molecule has 1 saturated carbocycles. The van der Waals surface area contributed by atoms with Crippen LogP contribution in [0.25, 0.3) is 0 Å². The lowest BCUT2D eigenvalue weighted by Crippen LogP contribution is -2.34. The number of carbonyl (C=O) groups is 2. The van der Waals surface area contributed by atoms with Crippen LogP contribution in [0.5, 0.6) is 5.75 Å². The molecule has 0 unspecified atom stereocenters. The second kappa shape index (κ2) is 4.91. The first-order valence-electron chi connectivity index (χ1n) is 6.60. The van der Waals surface area contributed by atoms with E-state index in [2.05, 4.69) is 10.6 Å². The van der Waals surface area contributed by atoms with Gasteiger partial charge >= 0.3 is 0 Å². The highest BCUT2D eigenvalue weighted by Crippen LogP contribution is 2.31. The van der Waals surface area contributed by atoms with E-state index in [4.69, 9.17) is 4.74 Å². The number of benzene rings is 1. The molecule has 0 spiro atoms. The van der Waals surface area contributed by atoms with E-state index in [1.807, 2.05) is 0 Å². The third-order valence-electron chi connectivity index (χ3n) is 3.58. The van der Waals surface area contributed by atoms with Gasteiger partial charge in [0.05, 0.1) is 11.3 Å². The van der Waals surface area contributed by atoms with Gasteiger partial charge in [0, 0.05) is 6.04 Å². The molecule has 2 aliphatic rings. The molecule has 1 heterocycles. The van der Waals surface area contributed by atoms with Crippen LogP contribution in [0.3, 0.4) is 0 Å². The average Bonchev–Trinajstić information content (AvgIpc) is 2.90. The topological polar surface area (TPSA) is 67.4 Å². The summed E-state index contributed by atoms with van der Waals surface area (Å²) in [6.07, 6.45) is 4.39. The summed E-state index contributed by atoms with van der Waals surface area (Å²) in [6, 6.07) is 5.47. The molecular weight excluding hydrogens is 244 g/mol. The number of ether oxygens (including phenoxy) is 1. The third kappa shape index (κ3) is 2.41. The number of amides is 2. The Kier molecular flexibility index (Phi) is 3.11. The van der Waals surface area contributed by atoms with Crippen molar-refractivity contribution in [2.45, 2.75) is 31.7 Å². The van der Waals surface area contributed by atoms with Crippen LogP contribution in [-0.2, 0) is 4.79 Å². The molecule has 100 valence electrons. The fourth-order valence-electron chi connectivity index (χ4n) is 2.62. The van der Waals surface area contributed by atoms with Crippen molar-refractivity contribution < 1.29 is 14.3 Å². The summed E-state index contributed by atoms with van der Waals surface area (Å²) in [5, 5.41) is 5.72. The number of nitrogens with one attached hydrogen (secondary N) is 2. The Morgan fingerprint density at radius 1 is 1.32 bits per heavy atom. The molecule has 0 saturated heterocycles. The molecule has 1 aliphatic heterocycles. The Labute approximate surface area is 111 Å². The molecule has 2 amide bonds. The van der Waals surface area contributed by atoms with E-state index >= 15 is 0 Å². The van der Waals surface area contributed by atoms with E-state index in [0.717, 1.165) is 25.7 Å². The van der Waals surface area contributed by atoms with Gasteiger partial charge in [0.15, 0.2) is 6.61 Å². The Morgan fingerprint density at radius 2 is 2.11 bits per heavy atom. The molecule has 0 radical (unpaired) electrons. The van der Waals surface area contributed by atoms with E-state index in [1.54, 1.807) is 18.2 Å². The molecule has 0 atom stereocenters. The van der Waals surface area contributed by atoms with Crippen molar-refractivity contribution in [2.24, 2.45) is 0 Å². The van der Waals surface area contributed by atoms with Crippen molar-refractivity contribution in [1.29, 1.82) is 0 Å². The summed E-state index contributed by atoms with van der Waals surface area (Å²) in [4.78, 5) is 23.6. The Hall–Kier alpha value is -2.04. The Bertz CT molecular complexity index is 521. The first-order valence-corrected chi connectivity index (χ1v) is 6.60. The highest BCUT2D eigenvalue weighted by molar-refractivity contribution is 6.06. The molecule has 5 heteroatoms. The zero-order valence-corrected chi connectivity index (χ0v) is 10.6. The van der Waals surface area contributed by atoms with Gasteiger partial charge in [0.1, 0.15) is 5.75 Å². The quantitative estimate of drug-likeness (QED) is 0.850. The summed E-state index contributed by atoms with van der Waals surface area (Å²) in [5.74, 6) is 0.182. The van der Waals surface area contributed by atoms with Crippen LogP contribution in [-0.4, -0.2) is 24.5 Å². The highest BCUT2D eigenvalue weighted by Gasteiger charge is 2.24. The van der Waals surface area contributed by atoms with Crippen molar-refractivity contribution in [2.75, 3.05) is 11.9 Å². The summed E-state index contributed by atoms with van der Waals surface area (Å²) in [5.41, 5.74) is 0.951. The third-order valence-corrected chi connectivity index (χ3v) is 3.58. The van der Waals surface area contributed by atoms with Crippen LogP contribution in [0.15, 0.2) is 18.2 Å². The lowest BCUT2D eigenvalue weighted by Gasteiger charge is -2.21. The number of para-hydroxylation sites is 1. The number of hydrogen-bond acceptors (Lipinski definition) is 3. The van der Waals surface area contributed by atoms with E-state index in [0.29, 0.717) is 17.0 Å². The fraction of sp³-hybridized carbons (Fsp3) is 0.429. The second-order valence-corrected chi connectivity index (χ2v) is 4.97. The SMILES string of the molecule is O=C1COc2cccc(C(=O)NC3CCCC3)c2N1. The normalized spacial score (nSPS) is 18.4. The van der Waals surface area contributed by atoms with E-state index in [9.17, 15) is 9.59 Å². The van der Waals surface area contributed by atoms with Gasteiger partial charge in [-0.2, -0.15) is 0 Å². The smallest absolute Gasteiger partial charge is 0.262 e. The van der Waals surface area contributed by atoms with Gasteiger partial charge in [-0.25, -0.2) is 0 Å². The minimum atomic E-state index is -0.228. The molecule has 2 N–H and O–H groups in total. The van der Waals surface area contributed by atoms with Gasteiger partial charge in [0.25, 0.3) is 11.8 Å². The fourth-order valence-corrected chi connectivity index (χ4v) is 2.62. The maximum Gasteiger partial charge on any atom is 0.262 e. The van der Waals surface area contributed by atoms with Crippen LogP contribution in [0.2, 0.25) is 0 Å². The van der Waals surface area contributed by atoms with Crippen LogP contribution in [0, 0.1) is 0 Å². The van der Waals surface area contributed by atoms with Gasteiger partial charge < -0.3 is 15.4 Å². The first-order chi connectivity index (χ1) is 9.24. The summed E-state index contributed by atoms with van der Waals surface area (Å²) in [6.45, 7) is 0.000692. The lowest BCUT2D eigenvalue weighted by molar-refractivity contribution is -0.118. The molecule has 0 aromatic heterocycles. The van der Waals surface area contributed by atoms with Gasteiger partial charge in [-0.1, -0.05) is 18.9 Å². The van der Waals surface area contributed by atoms with Crippen molar-refractivity contribution in [1.82, 2.24) is 5.32 Å². The highest BCUT2D eigenvalue weighted by atomic mass is 16.5. The summed E-state index contributed by atoms with van der Waals surface area (Å²) >= 11 is 0. The Balaban J connectivity index is 1.83. The summed E-state index contributed by atoms with van der Waals surface area (Å²) in [7, 11) is 0. The van der Waals surface area contributed by atoms with Crippen molar-refractivity contribution in [3.63, 3.8) is 0 Å². The number of anilines is 1. The standard InChI is InChI=1S/C14H16N2O3/c17-12-8-19-11-7-3-6-10(13(11)16-12)14(18)15-9-4-1-2-5-9/h3,6-7,9H,1-2,4-5,8H2,(H,15,18)(H,16,17). The van der Waals surface area contributed by atoms with Crippen LogP contribution in [0.4, 0.5) is 5.69 Å². The molecule has 1 aromatic carbocycles. The molecule has 19 heavy (non-hydrogen) atoms. The number of hydrogen-bond donors (Lipinski definition) is 2. The van der Waals surface area contributed by atoms with Gasteiger partial charge in [-0.05, 0) is 25.0 Å². The van der Waals surface area contributed by atoms with E-state index in [-0.39, 0.29) is 24.5 Å². The average molecular weight is 260 g/mol. The van der Waals surface area contributed by atoms with Crippen LogP contribution < -0.4 is 15.4 Å². The maximum atomic E-state index is 12.3. The molecule has 1 fully saturated rings. The predicted molar refractivity (Wildman–Crippen MR) is 70.3 cm³/mol. The van der Waals surface area contributed by atoms with Gasteiger partial charge in [-0.15, -0.1) is 0 Å². The lowest BCUT2D eigenvalue weighted by atomic mass is 10.1. The molecule has 3 rings (SSSR count). The number of carbonyl (C=O) groups excluding carboxylic acids is 2. The zero-order chi connectivity index (χ0) is 13.2. The maximum absolute atomic E-state index is 12.3. The van der Waals surface area contributed by atoms with Crippen molar-refractivity contribution >= 4 is 17.5 Å². The van der Waals surface area contributed by atoms with Gasteiger partial charge in [-0.3, -0.25) is 9.59 Å². The Morgan fingerprint density at radius 3 is 2.89 bits per heavy atom. The molecular formula is C14H16N2O3. The van der Waals surface area contributed by atoms with Crippen molar-refractivity contribution in [3.05, 3.63) is 23.8 Å². The minimum Gasteiger partial charge on any atom is -0.482 e. The zero-order valence-electron chi connectivity index (χ0n) is 10.6. The predicted octanol–water partition coefficient (Wildman–Crippen LogP) is 1.69. The summed E-state index contributed by atoms with van der Waals surface area (Å²) < 4.78 is 5.30. The number of fused-ring (bicyclic) bond motifs is 1. The monoisotopic (exact) mass is 260 g/mol. The van der Waals surface area contributed by atoms with Crippen LogP contribution in [0.1, 0.15) is 36.0 Å². The molecule has 0 bridgehead atoms. The molecule has 1 aliphatic carbocycles. The molecule has 5 nitrogen and oxygen atoms in total. The second-order valence-electron chi connectivity index (χ2n) is 4.97. The van der Waals surface area contributed by atoms with Crippen LogP contribution >= 0.6 is 0 Å². The first kappa shape index (κ1) is 12.0.